The van der Waals surface area contributed by atoms with Gasteiger partial charge in [-0.05, 0) is 38.5 Å². The number of hydrogen-bond acceptors (Lipinski definition) is 4. The van der Waals surface area contributed by atoms with E-state index < -0.39 is 5.91 Å². The molecular weight excluding hydrogens is 382 g/mol. The summed E-state index contributed by atoms with van der Waals surface area (Å²) >= 11 is 6.06. The minimum atomic E-state index is -0.443. The molecule has 1 saturated heterocycles. The van der Waals surface area contributed by atoms with Crippen LogP contribution in [0, 0.1) is 13.8 Å². The van der Waals surface area contributed by atoms with Crippen LogP contribution in [0.4, 0.5) is 11.4 Å². The summed E-state index contributed by atoms with van der Waals surface area (Å²) in [6, 6.07) is 4.75. The Bertz CT molecular complexity index is 953. The molecule has 2 heterocycles. The van der Waals surface area contributed by atoms with Gasteiger partial charge in [0.15, 0.2) is 0 Å². The maximum Gasteiger partial charge on any atom is 0.253 e. The lowest BCUT2D eigenvalue weighted by atomic mass is 10.1. The van der Waals surface area contributed by atoms with Crippen molar-refractivity contribution in [3.05, 3.63) is 40.2 Å². The molecule has 2 aromatic rings. The van der Waals surface area contributed by atoms with E-state index in [0.717, 1.165) is 12.1 Å². The van der Waals surface area contributed by atoms with Gasteiger partial charge in [0.2, 0.25) is 11.8 Å². The molecule has 0 atom stereocenters. The molecule has 3 amide bonds. The van der Waals surface area contributed by atoms with E-state index in [1.165, 1.54) is 0 Å². The van der Waals surface area contributed by atoms with Gasteiger partial charge in [0, 0.05) is 25.0 Å². The zero-order valence-electron chi connectivity index (χ0n) is 16.0. The zero-order chi connectivity index (χ0) is 20.4. The standard InChI is InChI=1S/C19H22ClN5O3/c1-11-18(12(2)24(3)23-11)22-16(26)10-21-19(28)14-7-6-13(20)9-15(14)25-8-4-5-17(25)27/h6-7,9H,4-5,8,10H2,1-3H3,(H,21,28)(H,22,26). The number of carbonyl (C=O) groups is 3. The van der Waals surface area contributed by atoms with Crippen LogP contribution in [-0.4, -0.2) is 40.6 Å². The van der Waals surface area contributed by atoms with Crippen LogP contribution in [0.15, 0.2) is 18.2 Å². The summed E-state index contributed by atoms with van der Waals surface area (Å²) < 4.78 is 1.68. The Morgan fingerprint density at radius 2 is 2.04 bits per heavy atom. The SMILES string of the molecule is Cc1nn(C)c(C)c1NC(=O)CNC(=O)c1ccc(Cl)cc1N1CCCC1=O. The van der Waals surface area contributed by atoms with E-state index in [0.29, 0.717) is 40.6 Å². The largest absolute Gasteiger partial charge is 0.343 e. The van der Waals surface area contributed by atoms with Gasteiger partial charge >= 0.3 is 0 Å². The number of hydrogen-bond donors (Lipinski definition) is 2. The minimum absolute atomic E-state index is 0.0448. The predicted octanol–water partition coefficient (Wildman–Crippen LogP) is 2.19. The summed E-state index contributed by atoms with van der Waals surface area (Å²) in [5.74, 6) is -0.849. The van der Waals surface area contributed by atoms with Gasteiger partial charge in [-0.15, -0.1) is 0 Å². The number of aryl methyl sites for hydroxylation is 2. The molecule has 0 aliphatic carbocycles. The molecule has 2 N–H and O–H groups in total. The van der Waals surface area contributed by atoms with Crippen molar-refractivity contribution < 1.29 is 14.4 Å². The van der Waals surface area contributed by atoms with Crippen molar-refractivity contribution in [1.29, 1.82) is 0 Å². The highest BCUT2D eigenvalue weighted by Crippen LogP contribution is 2.28. The van der Waals surface area contributed by atoms with Crippen molar-refractivity contribution in [3.63, 3.8) is 0 Å². The van der Waals surface area contributed by atoms with Crippen molar-refractivity contribution >= 4 is 40.7 Å². The van der Waals surface area contributed by atoms with Gasteiger partial charge < -0.3 is 15.5 Å². The zero-order valence-corrected chi connectivity index (χ0v) is 16.8. The summed E-state index contributed by atoms with van der Waals surface area (Å²) in [6.45, 7) is 3.98. The van der Waals surface area contributed by atoms with E-state index in [-0.39, 0.29) is 18.4 Å². The first-order chi connectivity index (χ1) is 13.3. The van der Waals surface area contributed by atoms with Crippen LogP contribution in [0.2, 0.25) is 5.02 Å². The average Bonchev–Trinajstić information content (AvgIpc) is 3.18. The Hall–Kier alpha value is -2.87. The molecule has 1 aromatic carbocycles. The van der Waals surface area contributed by atoms with E-state index in [2.05, 4.69) is 15.7 Å². The van der Waals surface area contributed by atoms with E-state index in [1.807, 2.05) is 6.92 Å². The molecule has 1 fully saturated rings. The average molecular weight is 404 g/mol. The van der Waals surface area contributed by atoms with Gasteiger partial charge in [0.1, 0.15) is 0 Å². The highest BCUT2D eigenvalue weighted by molar-refractivity contribution is 6.31. The van der Waals surface area contributed by atoms with Gasteiger partial charge in [-0.25, -0.2) is 0 Å². The number of carbonyl (C=O) groups excluding carboxylic acids is 3. The first kappa shape index (κ1) is 19.9. The second-order valence-electron chi connectivity index (χ2n) is 6.71. The van der Waals surface area contributed by atoms with Gasteiger partial charge in [0.25, 0.3) is 5.91 Å². The molecule has 1 aliphatic heterocycles. The number of nitrogens with one attached hydrogen (secondary N) is 2. The Balaban J connectivity index is 1.70. The molecule has 28 heavy (non-hydrogen) atoms. The molecule has 9 heteroatoms. The molecule has 0 unspecified atom stereocenters. The highest BCUT2D eigenvalue weighted by Gasteiger charge is 2.26. The molecule has 3 rings (SSSR count). The number of rotatable bonds is 5. The predicted molar refractivity (Wildman–Crippen MR) is 107 cm³/mol. The summed E-state index contributed by atoms with van der Waals surface area (Å²) in [7, 11) is 1.79. The van der Waals surface area contributed by atoms with Crippen LogP contribution in [0.1, 0.15) is 34.6 Å². The van der Waals surface area contributed by atoms with Gasteiger partial charge in [-0.1, -0.05) is 11.6 Å². The first-order valence-corrected chi connectivity index (χ1v) is 9.34. The molecule has 0 bridgehead atoms. The van der Waals surface area contributed by atoms with Crippen molar-refractivity contribution in [2.24, 2.45) is 7.05 Å². The molecule has 0 saturated carbocycles. The highest BCUT2D eigenvalue weighted by atomic mass is 35.5. The van der Waals surface area contributed by atoms with Crippen LogP contribution >= 0.6 is 11.6 Å². The fourth-order valence-corrected chi connectivity index (χ4v) is 3.38. The molecule has 0 spiro atoms. The molecular formula is C19H22ClN5O3. The number of aromatic nitrogens is 2. The van der Waals surface area contributed by atoms with Gasteiger partial charge in [0.05, 0.1) is 34.9 Å². The summed E-state index contributed by atoms with van der Waals surface area (Å²) in [4.78, 5) is 38.5. The van der Waals surface area contributed by atoms with Crippen molar-refractivity contribution in [3.8, 4) is 0 Å². The van der Waals surface area contributed by atoms with Crippen LogP contribution in [0.25, 0.3) is 0 Å². The first-order valence-electron chi connectivity index (χ1n) is 8.96. The molecule has 1 aliphatic rings. The maximum absolute atomic E-state index is 12.6. The van der Waals surface area contributed by atoms with Crippen LogP contribution in [-0.2, 0) is 16.6 Å². The smallest absolute Gasteiger partial charge is 0.253 e. The van der Waals surface area contributed by atoms with Crippen LogP contribution in [0.5, 0.6) is 0 Å². The summed E-state index contributed by atoms with van der Waals surface area (Å²) in [5, 5.41) is 10.1. The number of amides is 3. The minimum Gasteiger partial charge on any atom is -0.343 e. The Morgan fingerprint density at radius 1 is 1.29 bits per heavy atom. The third-order valence-corrected chi connectivity index (χ3v) is 4.99. The summed E-state index contributed by atoms with van der Waals surface area (Å²) in [5.41, 5.74) is 2.93. The number of benzene rings is 1. The number of halogens is 1. The van der Waals surface area contributed by atoms with E-state index in [9.17, 15) is 14.4 Å². The maximum atomic E-state index is 12.6. The van der Waals surface area contributed by atoms with Gasteiger partial charge in [-0.2, -0.15) is 5.10 Å². The normalized spacial score (nSPS) is 13.7. The Morgan fingerprint density at radius 3 is 2.64 bits per heavy atom. The molecule has 1 aromatic heterocycles. The molecule has 148 valence electrons. The Kier molecular flexibility index (Phi) is 5.69. The van der Waals surface area contributed by atoms with Crippen molar-refractivity contribution in [2.45, 2.75) is 26.7 Å². The lowest BCUT2D eigenvalue weighted by Crippen LogP contribution is -2.34. The Labute approximate surface area is 167 Å². The third kappa shape index (κ3) is 4.01. The van der Waals surface area contributed by atoms with Crippen LogP contribution < -0.4 is 15.5 Å². The third-order valence-electron chi connectivity index (χ3n) is 4.75. The fourth-order valence-electron chi connectivity index (χ4n) is 3.22. The van der Waals surface area contributed by atoms with Crippen molar-refractivity contribution in [1.82, 2.24) is 15.1 Å². The lowest BCUT2D eigenvalue weighted by Gasteiger charge is -2.19. The van der Waals surface area contributed by atoms with Crippen molar-refractivity contribution in [2.75, 3.05) is 23.3 Å². The number of anilines is 2. The second kappa shape index (κ2) is 8.02. The van der Waals surface area contributed by atoms with E-state index >= 15 is 0 Å². The monoisotopic (exact) mass is 403 g/mol. The lowest BCUT2D eigenvalue weighted by molar-refractivity contribution is -0.117. The van der Waals surface area contributed by atoms with E-state index in [1.54, 1.807) is 41.8 Å². The van der Waals surface area contributed by atoms with Gasteiger partial charge in [-0.3, -0.25) is 19.1 Å². The fraction of sp³-hybridized carbons (Fsp3) is 0.368. The quantitative estimate of drug-likeness (QED) is 0.799. The summed E-state index contributed by atoms with van der Waals surface area (Å²) in [6.07, 6.45) is 1.18. The topological polar surface area (TPSA) is 96.3 Å². The van der Waals surface area contributed by atoms with E-state index in [4.69, 9.17) is 11.6 Å². The second-order valence-corrected chi connectivity index (χ2v) is 7.15. The molecule has 8 nitrogen and oxygen atoms in total. The number of nitrogens with zero attached hydrogens (tertiary/aromatic N) is 3. The van der Waals surface area contributed by atoms with Crippen LogP contribution in [0.3, 0.4) is 0 Å². The molecule has 0 radical (unpaired) electrons.